The summed E-state index contributed by atoms with van der Waals surface area (Å²) in [6, 6.07) is 6.59. The number of sulfonamides is 1. The normalized spacial score (nSPS) is 11.7. The van der Waals surface area contributed by atoms with Crippen LogP contribution in [0.5, 0.6) is 0 Å². The number of carbonyl (C=O) groups is 2. The van der Waals surface area contributed by atoms with Crippen LogP contribution < -0.4 is 25.2 Å². The smallest absolute Gasteiger partial charge is 0.333 e. The van der Waals surface area contributed by atoms with E-state index in [0.717, 1.165) is 51.7 Å². The lowest BCUT2D eigenvalue weighted by molar-refractivity contribution is -0.107. The first-order valence-electron chi connectivity index (χ1n) is 11.5. The van der Waals surface area contributed by atoms with E-state index in [1.165, 1.54) is 36.7 Å². The highest BCUT2D eigenvalue weighted by atomic mass is 32.3. The lowest BCUT2D eigenvalue weighted by atomic mass is 10.0. The second kappa shape index (κ2) is 13.7. The van der Waals surface area contributed by atoms with Crippen LogP contribution in [0, 0.1) is 5.82 Å². The van der Waals surface area contributed by atoms with E-state index >= 15 is 0 Å². The Labute approximate surface area is 227 Å². The largest absolute Gasteiger partial charge is 0.386 e. The Hall–Kier alpha value is -3.77. The lowest BCUT2D eigenvalue weighted by Crippen LogP contribution is -2.34. The van der Waals surface area contributed by atoms with Gasteiger partial charge in [-0.05, 0) is 66.3 Å². The minimum atomic E-state index is -4.12. The van der Waals surface area contributed by atoms with Crippen molar-refractivity contribution in [2.75, 3.05) is 41.6 Å². The topological polar surface area (TPSA) is 111 Å². The minimum Gasteiger partial charge on any atom is -0.386 e. The molecule has 0 aromatic heterocycles. The number of anilines is 4. The third-order valence-corrected chi connectivity index (χ3v) is 8.13. The van der Waals surface area contributed by atoms with Crippen molar-refractivity contribution in [1.82, 2.24) is 4.72 Å². The van der Waals surface area contributed by atoms with Crippen LogP contribution >= 0.6 is 11.8 Å². The number of halogens is 1. The maximum atomic E-state index is 14.9. The number of rotatable bonds is 12. The predicted octanol–water partition coefficient (Wildman–Crippen LogP) is 5.32. The summed E-state index contributed by atoms with van der Waals surface area (Å²) in [6.45, 7) is 6.98. The summed E-state index contributed by atoms with van der Waals surface area (Å²) >= 11 is 0.835. The van der Waals surface area contributed by atoms with E-state index in [2.05, 4.69) is 23.3 Å². The molecule has 0 aliphatic heterocycles. The summed E-state index contributed by atoms with van der Waals surface area (Å²) in [5, 5.41) is 6.75. The molecule has 204 valence electrons. The van der Waals surface area contributed by atoms with E-state index in [-0.39, 0.29) is 15.6 Å². The second-order valence-corrected chi connectivity index (χ2v) is 10.9. The summed E-state index contributed by atoms with van der Waals surface area (Å²) in [5.74, 6) is -0.798. The van der Waals surface area contributed by atoms with Crippen LogP contribution in [-0.4, -0.2) is 42.0 Å². The number of amides is 3. The van der Waals surface area contributed by atoms with Gasteiger partial charge in [0.2, 0.25) is 6.41 Å². The van der Waals surface area contributed by atoms with Gasteiger partial charge in [0.25, 0.3) is 10.0 Å². The summed E-state index contributed by atoms with van der Waals surface area (Å²) in [7, 11) is 1.60. The zero-order valence-electron chi connectivity index (χ0n) is 21.9. The Morgan fingerprint density at radius 1 is 1.18 bits per heavy atom. The van der Waals surface area contributed by atoms with Gasteiger partial charge in [0.1, 0.15) is 10.1 Å². The van der Waals surface area contributed by atoms with Crippen LogP contribution in [0.2, 0.25) is 0 Å². The quantitative estimate of drug-likeness (QED) is 0.301. The number of allylic oxidation sites excluding steroid dienone is 1. The lowest BCUT2D eigenvalue weighted by Gasteiger charge is -2.20. The molecular formula is C26H32FN5O4S2. The van der Waals surface area contributed by atoms with Crippen LogP contribution in [0.4, 0.5) is 31.9 Å². The Kier molecular flexibility index (Phi) is 11.0. The van der Waals surface area contributed by atoms with Crippen LogP contribution in [0.3, 0.4) is 0 Å². The van der Waals surface area contributed by atoms with Crippen LogP contribution in [0.15, 0.2) is 58.8 Å². The summed E-state index contributed by atoms with van der Waals surface area (Å²) < 4.78 is 41.2. The van der Waals surface area contributed by atoms with Gasteiger partial charge in [-0.15, -0.1) is 0 Å². The molecule has 12 heteroatoms. The maximum Gasteiger partial charge on any atom is 0.333 e. The fourth-order valence-corrected chi connectivity index (χ4v) is 5.35. The Morgan fingerprint density at radius 3 is 2.42 bits per heavy atom. The molecule has 0 radical (unpaired) electrons. The molecule has 3 N–H and O–H groups in total. The van der Waals surface area contributed by atoms with Crippen molar-refractivity contribution in [3.63, 3.8) is 0 Å². The van der Waals surface area contributed by atoms with Gasteiger partial charge in [-0.2, -0.15) is 0 Å². The minimum absolute atomic E-state index is 0.00149. The molecule has 0 aliphatic carbocycles. The number of hydrogen-bond acceptors (Lipinski definition) is 7. The highest BCUT2D eigenvalue weighted by molar-refractivity contribution is 8.19. The molecule has 2 aromatic rings. The van der Waals surface area contributed by atoms with Gasteiger partial charge in [-0.3, -0.25) is 9.69 Å². The molecule has 0 saturated carbocycles. The van der Waals surface area contributed by atoms with Gasteiger partial charge in [-0.25, -0.2) is 22.3 Å². The number of nitrogens with zero attached hydrogens (tertiary/aromatic N) is 2. The standard InChI is InChI=1S/C26H32FN5O4S2/c1-7-18-15-24(31(5)6)22(28-4)14-19(18)12-13-32(17-33)23-11-10-20(16-21(23)27)29-26(34)30-38(35,36)25(8-2)37-9-3/h8-17,28H,3,7H2,1-2,4-6H3,(H2,29,30,34)/b13-12-,25-8+. The van der Waals surface area contributed by atoms with Gasteiger partial charge in [0.15, 0.2) is 0 Å². The molecule has 0 atom stereocenters. The van der Waals surface area contributed by atoms with Gasteiger partial charge in [0, 0.05) is 33.0 Å². The van der Waals surface area contributed by atoms with Crippen molar-refractivity contribution in [2.24, 2.45) is 0 Å². The molecule has 0 unspecified atom stereocenters. The van der Waals surface area contributed by atoms with Crippen molar-refractivity contribution in [1.29, 1.82) is 0 Å². The van der Waals surface area contributed by atoms with Crippen molar-refractivity contribution in [3.05, 3.63) is 75.8 Å². The van der Waals surface area contributed by atoms with Gasteiger partial charge in [0.05, 0.1) is 17.1 Å². The molecule has 0 heterocycles. The zero-order valence-corrected chi connectivity index (χ0v) is 23.5. The highest BCUT2D eigenvalue weighted by Crippen LogP contribution is 2.30. The maximum absolute atomic E-state index is 14.9. The number of benzene rings is 2. The average Bonchev–Trinajstić information content (AvgIpc) is 2.87. The first-order valence-corrected chi connectivity index (χ1v) is 13.9. The molecule has 0 bridgehead atoms. The van der Waals surface area contributed by atoms with Crippen molar-refractivity contribution >= 4 is 63.1 Å². The number of nitrogens with one attached hydrogen (secondary N) is 3. The third-order valence-electron chi connectivity index (χ3n) is 5.33. The van der Waals surface area contributed by atoms with Crippen LogP contribution in [0.1, 0.15) is 25.0 Å². The first kappa shape index (κ1) is 30.5. The van der Waals surface area contributed by atoms with Gasteiger partial charge in [-0.1, -0.05) is 31.3 Å². The van der Waals surface area contributed by atoms with E-state index in [4.69, 9.17) is 0 Å². The van der Waals surface area contributed by atoms with Gasteiger partial charge >= 0.3 is 6.03 Å². The van der Waals surface area contributed by atoms with Crippen LogP contribution in [-0.2, 0) is 21.2 Å². The van der Waals surface area contributed by atoms with E-state index in [1.807, 2.05) is 43.8 Å². The molecule has 3 amide bonds. The second-order valence-electron chi connectivity index (χ2n) is 8.01. The molecule has 0 spiro atoms. The SMILES string of the molecule is C=CS/C(=C\C)S(=O)(=O)NC(=O)Nc1ccc(N(C=O)/C=C\c2cc(NC)c(N(C)C)cc2CC)c(F)c1. The van der Waals surface area contributed by atoms with E-state index < -0.39 is 21.9 Å². The Bertz CT molecular complexity index is 1360. The number of carbonyl (C=O) groups excluding carboxylic acids is 2. The third kappa shape index (κ3) is 7.62. The molecule has 0 aliphatic rings. The van der Waals surface area contributed by atoms with Crippen molar-refractivity contribution < 1.29 is 22.4 Å². The molecule has 38 heavy (non-hydrogen) atoms. The van der Waals surface area contributed by atoms with Crippen molar-refractivity contribution in [3.8, 4) is 0 Å². The van der Waals surface area contributed by atoms with Crippen molar-refractivity contribution in [2.45, 2.75) is 20.3 Å². The first-order chi connectivity index (χ1) is 18.0. The Balaban J connectivity index is 2.26. The zero-order chi connectivity index (χ0) is 28.5. The summed E-state index contributed by atoms with van der Waals surface area (Å²) in [5.41, 5.74) is 3.77. The monoisotopic (exact) mass is 561 g/mol. The van der Waals surface area contributed by atoms with E-state index in [9.17, 15) is 22.4 Å². The van der Waals surface area contributed by atoms with E-state index in [1.54, 1.807) is 6.08 Å². The number of thioether (sulfide) groups is 1. The highest BCUT2D eigenvalue weighted by Gasteiger charge is 2.20. The fourth-order valence-electron chi connectivity index (χ4n) is 3.50. The predicted molar refractivity (Wildman–Crippen MR) is 156 cm³/mol. The molecule has 0 saturated heterocycles. The number of urea groups is 1. The molecule has 9 nitrogen and oxygen atoms in total. The number of aryl methyl sites for hydroxylation is 1. The summed E-state index contributed by atoms with van der Waals surface area (Å²) in [4.78, 5) is 27.1. The molecular weight excluding hydrogens is 529 g/mol. The fraction of sp³-hybridized carbons (Fsp3) is 0.231. The molecule has 2 rings (SSSR count). The van der Waals surface area contributed by atoms with Gasteiger partial charge < -0.3 is 15.5 Å². The molecule has 2 aromatic carbocycles. The summed E-state index contributed by atoms with van der Waals surface area (Å²) in [6.07, 6.45) is 5.71. The van der Waals surface area contributed by atoms with E-state index in [0.29, 0.717) is 6.41 Å². The van der Waals surface area contributed by atoms with Crippen LogP contribution in [0.25, 0.3) is 6.08 Å². The Morgan fingerprint density at radius 2 is 1.89 bits per heavy atom. The molecule has 0 fully saturated rings. The number of hydrogen-bond donors (Lipinski definition) is 3. The average molecular weight is 562 g/mol.